The van der Waals surface area contributed by atoms with Gasteiger partial charge < -0.3 is 15.4 Å². The van der Waals surface area contributed by atoms with Gasteiger partial charge in [0.15, 0.2) is 17.4 Å². The molecule has 0 radical (unpaired) electrons. The van der Waals surface area contributed by atoms with Gasteiger partial charge in [-0.25, -0.2) is 13.3 Å². The van der Waals surface area contributed by atoms with E-state index in [1.165, 1.54) is 17.6 Å². The number of rotatable bonds is 7. The van der Waals surface area contributed by atoms with Gasteiger partial charge in [-0.15, -0.1) is 0 Å². The number of fused-ring (bicyclic) bond motifs is 2. The molecule has 2 amide bonds. The van der Waals surface area contributed by atoms with Crippen molar-refractivity contribution in [2.45, 2.75) is 25.7 Å². The number of hydrogen-bond donors (Lipinski definition) is 3. The van der Waals surface area contributed by atoms with E-state index in [1.54, 1.807) is 29.7 Å². The summed E-state index contributed by atoms with van der Waals surface area (Å²) in [5.41, 5.74) is 2.06. The fourth-order valence-electron chi connectivity index (χ4n) is 4.03. The van der Waals surface area contributed by atoms with Gasteiger partial charge in [-0.2, -0.15) is 23.4 Å². The highest BCUT2D eigenvalue weighted by molar-refractivity contribution is 6.00. The number of alkyl halides is 4. The highest BCUT2D eigenvalue weighted by atomic mass is 19.4. The highest BCUT2D eigenvalue weighted by Gasteiger charge is 2.43. The third-order valence-electron chi connectivity index (χ3n) is 5.98. The number of H-pyrrole nitrogens is 1. The van der Waals surface area contributed by atoms with Crippen LogP contribution in [-0.2, 0) is 9.59 Å². The Balaban J connectivity index is 1.41. The third-order valence-corrected chi connectivity index (χ3v) is 5.98. The maximum atomic E-state index is 15.4. The van der Waals surface area contributed by atoms with Crippen LogP contribution in [0.4, 0.5) is 27.8 Å². The summed E-state index contributed by atoms with van der Waals surface area (Å²) in [6.07, 6.45) is -2.89. The largest absolute Gasteiger partial charge is 0.486 e. The first kappa shape index (κ1) is 24.5. The Kier molecular flexibility index (Phi) is 5.96. The number of hydrogen-bond acceptors (Lipinski definition) is 5. The van der Waals surface area contributed by atoms with Gasteiger partial charge in [0, 0.05) is 17.6 Å². The van der Waals surface area contributed by atoms with Crippen molar-refractivity contribution in [2.24, 2.45) is 5.92 Å². The lowest BCUT2D eigenvalue weighted by Crippen LogP contribution is -2.38. The number of pyridine rings is 1. The molecule has 1 aromatic carbocycles. The number of benzene rings is 1. The molecule has 1 saturated carbocycles. The third kappa shape index (κ3) is 4.66. The van der Waals surface area contributed by atoms with Crippen LogP contribution in [0, 0.1) is 18.7 Å². The number of nitrogens with one attached hydrogen (secondary N) is 3. The molecule has 0 aliphatic heterocycles. The molecule has 194 valence electrons. The van der Waals surface area contributed by atoms with Crippen LogP contribution in [0.15, 0.2) is 30.6 Å². The Morgan fingerprint density at radius 2 is 2.05 bits per heavy atom. The predicted molar refractivity (Wildman–Crippen MR) is 121 cm³/mol. The molecule has 9 nitrogen and oxygen atoms in total. The fourth-order valence-corrected chi connectivity index (χ4v) is 4.03. The first-order valence-electron chi connectivity index (χ1n) is 11.1. The van der Waals surface area contributed by atoms with Gasteiger partial charge in [0.2, 0.25) is 5.91 Å². The zero-order chi connectivity index (χ0) is 26.5. The van der Waals surface area contributed by atoms with Gasteiger partial charge in [0.1, 0.15) is 18.3 Å². The molecule has 3 aromatic heterocycles. The topological polar surface area (TPSA) is 113 Å². The van der Waals surface area contributed by atoms with Crippen molar-refractivity contribution in [3.8, 4) is 16.9 Å². The lowest BCUT2D eigenvalue weighted by Gasteiger charge is -2.15. The van der Waals surface area contributed by atoms with Gasteiger partial charge >= 0.3 is 12.1 Å². The number of amides is 2. The normalized spacial score (nSPS) is 17.2. The minimum atomic E-state index is -5.03. The van der Waals surface area contributed by atoms with Crippen molar-refractivity contribution in [1.29, 1.82) is 0 Å². The zero-order valence-electron chi connectivity index (χ0n) is 19.1. The summed E-state index contributed by atoms with van der Waals surface area (Å²) in [6, 6.07) is 5.01. The van der Waals surface area contributed by atoms with Crippen LogP contribution in [0.5, 0.6) is 5.75 Å². The molecule has 4 aromatic rings. The van der Waals surface area contributed by atoms with Crippen molar-refractivity contribution in [3.63, 3.8) is 0 Å². The van der Waals surface area contributed by atoms with Crippen LogP contribution in [0.25, 0.3) is 27.5 Å². The number of halogens is 5. The molecular formula is C23H19F5N6O3. The summed E-state index contributed by atoms with van der Waals surface area (Å²) in [4.78, 5) is 23.0. The van der Waals surface area contributed by atoms with Crippen molar-refractivity contribution in [2.75, 3.05) is 18.5 Å². The Labute approximate surface area is 205 Å². The fraction of sp³-hybridized carbons (Fsp3) is 0.304. The van der Waals surface area contributed by atoms with Gasteiger partial charge in [-0.05, 0) is 42.2 Å². The average molecular weight is 522 g/mol. The van der Waals surface area contributed by atoms with E-state index in [0.29, 0.717) is 22.0 Å². The molecular weight excluding hydrogens is 503 g/mol. The van der Waals surface area contributed by atoms with Crippen LogP contribution in [-0.4, -0.2) is 57.1 Å². The average Bonchev–Trinajstić information content (AvgIpc) is 3.20. The predicted octanol–water partition coefficient (Wildman–Crippen LogP) is 3.68. The first-order valence-corrected chi connectivity index (χ1v) is 11.1. The number of aromatic nitrogens is 4. The summed E-state index contributed by atoms with van der Waals surface area (Å²) in [6.45, 7) is 0.619. The molecule has 0 saturated heterocycles. The Morgan fingerprint density at radius 3 is 2.76 bits per heavy atom. The SMILES string of the molecule is Cc1c(F)c(OCCNC(=O)C(F)(F)F)c2[nH]ncc2c1-c1ccn2nc(NC(=O)[C@@H]3C[C@@H]3F)cc2c1. The maximum absolute atomic E-state index is 15.4. The number of anilines is 1. The first-order chi connectivity index (χ1) is 17.5. The number of carbonyl (C=O) groups is 2. The number of carbonyl (C=O) groups excluding carboxylic acids is 2. The van der Waals surface area contributed by atoms with E-state index < -0.39 is 49.0 Å². The molecule has 3 heterocycles. The molecule has 0 unspecified atom stereocenters. The molecule has 0 spiro atoms. The van der Waals surface area contributed by atoms with Crippen molar-refractivity contribution in [1.82, 2.24) is 25.1 Å². The van der Waals surface area contributed by atoms with E-state index in [1.807, 2.05) is 0 Å². The second-order valence-electron chi connectivity index (χ2n) is 8.57. The molecule has 5 rings (SSSR count). The second kappa shape index (κ2) is 9.01. The van der Waals surface area contributed by atoms with Crippen LogP contribution in [0.2, 0.25) is 0 Å². The summed E-state index contributed by atoms with van der Waals surface area (Å²) >= 11 is 0. The molecule has 1 aliphatic carbocycles. The smallest absolute Gasteiger partial charge is 0.471 e. The number of nitrogens with zero attached hydrogens (tertiary/aromatic N) is 3. The van der Waals surface area contributed by atoms with Crippen molar-refractivity contribution in [3.05, 3.63) is 42.0 Å². The Morgan fingerprint density at radius 1 is 1.30 bits per heavy atom. The van der Waals surface area contributed by atoms with Crippen LogP contribution >= 0.6 is 0 Å². The van der Waals surface area contributed by atoms with Gasteiger partial charge in [-0.3, -0.25) is 14.7 Å². The van der Waals surface area contributed by atoms with Gasteiger partial charge in [-0.1, -0.05) is 0 Å². The van der Waals surface area contributed by atoms with Crippen LogP contribution in [0.1, 0.15) is 12.0 Å². The van der Waals surface area contributed by atoms with E-state index in [2.05, 4.69) is 20.6 Å². The summed E-state index contributed by atoms with van der Waals surface area (Å²) < 4.78 is 72.4. The van der Waals surface area contributed by atoms with E-state index in [0.717, 1.165) is 0 Å². The highest BCUT2D eigenvalue weighted by Crippen LogP contribution is 2.40. The van der Waals surface area contributed by atoms with E-state index in [9.17, 15) is 27.2 Å². The Hall–Kier alpha value is -4.23. The minimum absolute atomic E-state index is 0.187. The van der Waals surface area contributed by atoms with Crippen molar-refractivity contribution < 1.29 is 36.3 Å². The van der Waals surface area contributed by atoms with Crippen molar-refractivity contribution >= 4 is 34.1 Å². The molecule has 0 bridgehead atoms. The molecule has 14 heteroatoms. The number of aromatic amines is 1. The lowest BCUT2D eigenvalue weighted by molar-refractivity contribution is -0.173. The van der Waals surface area contributed by atoms with E-state index in [4.69, 9.17) is 4.74 Å². The molecule has 3 N–H and O–H groups in total. The number of ether oxygens (including phenoxy) is 1. The maximum Gasteiger partial charge on any atom is 0.471 e. The second-order valence-corrected chi connectivity index (χ2v) is 8.57. The monoisotopic (exact) mass is 522 g/mol. The zero-order valence-corrected chi connectivity index (χ0v) is 19.1. The van der Waals surface area contributed by atoms with Gasteiger partial charge in [0.25, 0.3) is 0 Å². The Bertz CT molecular complexity index is 1530. The molecule has 1 fully saturated rings. The van der Waals surface area contributed by atoms with Gasteiger partial charge in [0.05, 0.1) is 24.2 Å². The lowest BCUT2D eigenvalue weighted by atomic mass is 9.96. The standard InChI is InChI=1S/C23H19F5N6O3/c1-10-17(11-2-4-34-12(6-11)7-16(33-34)31-21(35)13-8-15(13)24)14-9-30-32-19(14)20(18(10)25)37-5-3-29-22(36)23(26,27)28/h2,4,6-7,9,13,15H,3,5,8H2,1H3,(H,29,36)(H,30,32)(H,31,33,35)/t13-,15+/m1/s1. The quantitative estimate of drug-likeness (QED) is 0.253. The van der Waals surface area contributed by atoms with Crippen LogP contribution in [0.3, 0.4) is 0 Å². The summed E-state index contributed by atoms with van der Waals surface area (Å²) in [5.74, 6) is -3.97. The minimum Gasteiger partial charge on any atom is -0.486 e. The summed E-state index contributed by atoms with van der Waals surface area (Å²) in [7, 11) is 0. The molecule has 37 heavy (non-hydrogen) atoms. The molecule has 1 aliphatic rings. The van der Waals surface area contributed by atoms with Crippen LogP contribution < -0.4 is 15.4 Å². The molecule has 2 atom stereocenters. The summed E-state index contributed by atoms with van der Waals surface area (Å²) in [5, 5.41) is 15.6. The van der Waals surface area contributed by atoms with E-state index >= 15 is 4.39 Å². The van der Waals surface area contributed by atoms with E-state index in [-0.39, 0.29) is 29.1 Å².